The number of amides is 2. The Bertz CT molecular complexity index is 771. The lowest BCUT2D eigenvalue weighted by molar-refractivity contribution is -0.130. The van der Waals surface area contributed by atoms with E-state index in [0.29, 0.717) is 13.1 Å². The van der Waals surface area contributed by atoms with E-state index in [1.165, 1.54) is 0 Å². The molecule has 1 fully saturated rings. The number of carbonyl (C=O) groups excluding carboxylic acids is 2. The Morgan fingerprint density at radius 2 is 1.62 bits per heavy atom. The Morgan fingerprint density at radius 1 is 0.962 bits per heavy atom. The Hall–Kier alpha value is -2.86. The van der Waals surface area contributed by atoms with Gasteiger partial charge in [-0.2, -0.15) is 0 Å². The molecule has 2 N–H and O–H groups in total. The zero-order valence-corrected chi connectivity index (χ0v) is 14.8. The molecule has 3 rings (SSSR count). The summed E-state index contributed by atoms with van der Waals surface area (Å²) in [4.78, 5) is 27.8. The van der Waals surface area contributed by atoms with E-state index in [4.69, 9.17) is 0 Å². The van der Waals surface area contributed by atoms with Crippen LogP contribution in [0, 0.1) is 0 Å². The molecule has 0 aromatic heterocycles. The molecule has 1 aliphatic rings. The van der Waals surface area contributed by atoms with Gasteiger partial charge in [0.2, 0.25) is 5.91 Å². The van der Waals surface area contributed by atoms with Gasteiger partial charge in [-0.1, -0.05) is 42.5 Å². The summed E-state index contributed by atoms with van der Waals surface area (Å²) >= 11 is 0. The van der Waals surface area contributed by atoms with E-state index in [1.54, 1.807) is 12.4 Å². The smallest absolute Gasteiger partial charge is 0.255 e. The molecular formula is C20H23N3O3. The minimum absolute atomic E-state index is 0.0992. The molecule has 6 nitrogen and oxygen atoms in total. The molecule has 2 aromatic rings. The first-order valence-corrected chi connectivity index (χ1v) is 8.69. The highest BCUT2D eigenvalue weighted by Crippen LogP contribution is 2.28. The number of benzene rings is 2. The molecular weight excluding hydrogens is 330 g/mol. The Balaban J connectivity index is 1.85. The van der Waals surface area contributed by atoms with Crippen molar-refractivity contribution in [2.45, 2.75) is 12.8 Å². The van der Waals surface area contributed by atoms with Gasteiger partial charge in [0, 0.05) is 38.8 Å². The second-order valence-electron chi connectivity index (χ2n) is 6.41. The van der Waals surface area contributed by atoms with E-state index in [9.17, 15) is 14.8 Å². The van der Waals surface area contributed by atoms with Crippen LogP contribution in [-0.4, -0.2) is 48.1 Å². The van der Waals surface area contributed by atoms with Gasteiger partial charge < -0.3 is 9.80 Å². The van der Waals surface area contributed by atoms with Crippen molar-refractivity contribution in [1.29, 1.82) is 0 Å². The molecule has 0 aliphatic carbocycles. The summed E-state index contributed by atoms with van der Waals surface area (Å²) in [7, 11) is 0. The van der Waals surface area contributed by atoms with Gasteiger partial charge in [0.15, 0.2) is 0 Å². The number of hydroxylamine groups is 1. The molecule has 1 atom stereocenters. The number of carbonyl (C=O) groups is 2. The van der Waals surface area contributed by atoms with Crippen LogP contribution in [0.15, 0.2) is 54.6 Å². The molecule has 26 heavy (non-hydrogen) atoms. The fourth-order valence-electron chi connectivity index (χ4n) is 3.39. The third kappa shape index (κ3) is 3.86. The number of hydrogen-bond acceptors (Lipinski definition) is 4. The predicted molar refractivity (Wildman–Crippen MR) is 99.1 cm³/mol. The number of nitrogens with one attached hydrogen (secondary N) is 1. The van der Waals surface area contributed by atoms with Crippen LogP contribution < -0.4 is 10.4 Å². The average molecular weight is 353 g/mol. The third-order valence-electron chi connectivity index (χ3n) is 4.80. The summed E-state index contributed by atoms with van der Waals surface area (Å²) in [5.74, 6) is -0.948. The van der Waals surface area contributed by atoms with Crippen LogP contribution in [0.2, 0.25) is 0 Å². The molecule has 1 saturated heterocycles. The number of rotatable bonds is 4. The van der Waals surface area contributed by atoms with E-state index in [0.717, 1.165) is 29.9 Å². The lowest BCUT2D eigenvalue weighted by atomic mass is 9.90. The molecule has 0 radical (unpaired) electrons. The van der Waals surface area contributed by atoms with E-state index >= 15 is 0 Å². The van der Waals surface area contributed by atoms with Crippen LogP contribution in [0.3, 0.4) is 0 Å². The largest absolute Gasteiger partial charge is 0.368 e. The standard InChI is InChI=1S/C20H23N3O3/c1-15(24)22-10-12-23(13-11-22)18-9-5-8-17(14-18)19(20(25)21-26)16-6-3-2-4-7-16/h2-9,14,19,26H,10-13H2,1H3,(H,21,25). The summed E-state index contributed by atoms with van der Waals surface area (Å²) in [6.45, 7) is 4.49. The average Bonchev–Trinajstić information content (AvgIpc) is 2.69. The first kappa shape index (κ1) is 17.9. The first-order chi connectivity index (χ1) is 12.6. The Labute approximate surface area is 153 Å². The molecule has 136 valence electrons. The molecule has 1 heterocycles. The van der Waals surface area contributed by atoms with E-state index < -0.39 is 11.8 Å². The maximum Gasteiger partial charge on any atom is 0.255 e. The lowest BCUT2D eigenvalue weighted by Gasteiger charge is -2.36. The maximum absolute atomic E-state index is 12.3. The highest BCUT2D eigenvalue weighted by molar-refractivity contribution is 5.86. The number of nitrogens with zero attached hydrogens (tertiary/aromatic N) is 2. The van der Waals surface area contributed by atoms with Gasteiger partial charge >= 0.3 is 0 Å². The minimum atomic E-state index is -0.584. The van der Waals surface area contributed by atoms with E-state index in [1.807, 2.05) is 59.5 Å². The van der Waals surface area contributed by atoms with Crippen molar-refractivity contribution < 1.29 is 14.8 Å². The molecule has 0 spiro atoms. The van der Waals surface area contributed by atoms with Crippen LogP contribution in [0.1, 0.15) is 24.0 Å². The Kier molecular flexibility index (Phi) is 5.53. The van der Waals surface area contributed by atoms with Crippen molar-refractivity contribution >= 4 is 17.5 Å². The first-order valence-electron chi connectivity index (χ1n) is 8.69. The van der Waals surface area contributed by atoms with Gasteiger partial charge in [0.05, 0.1) is 5.92 Å². The SMILES string of the molecule is CC(=O)N1CCN(c2cccc(C(C(=O)NO)c3ccccc3)c2)CC1. The van der Waals surface area contributed by atoms with Crippen molar-refractivity contribution in [2.24, 2.45) is 0 Å². The maximum atomic E-state index is 12.3. The topological polar surface area (TPSA) is 72.9 Å². The molecule has 2 amide bonds. The zero-order chi connectivity index (χ0) is 18.5. The van der Waals surface area contributed by atoms with Gasteiger partial charge in [-0.25, -0.2) is 5.48 Å². The highest BCUT2D eigenvalue weighted by atomic mass is 16.5. The number of piperazine rings is 1. The van der Waals surface area contributed by atoms with Crippen LogP contribution in [0.4, 0.5) is 5.69 Å². The quantitative estimate of drug-likeness (QED) is 0.651. The number of anilines is 1. The van der Waals surface area contributed by atoms with Crippen LogP contribution >= 0.6 is 0 Å². The lowest BCUT2D eigenvalue weighted by Crippen LogP contribution is -2.48. The summed E-state index contributed by atoms with van der Waals surface area (Å²) in [6, 6.07) is 17.2. The van der Waals surface area contributed by atoms with Crippen LogP contribution in [0.25, 0.3) is 0 Å². The van der Waals surface area contributed by atoms with Crippen LogP contribution in [-0.2, 0) is 9.59 Å². The summed E-state index contributed by atoms with van der Waals surface area (Å²) in [5, 5.41) is 9.18. The summed E-state index contributed by atoms with van der Waals surface area (Å²) in [6.07, 6.45) is 0. The molecule has 1 aliphatic heterocycles. The van der Waals surface area contributed by atoms with Crippen molar-refractivity contribution in [3.05, 3.63) is 65.7 Å². The van der Waals surface area contributed by atoms with E-state index in [2.05, 4.69) is 4.90 Å². The minimum Gasteiger partial charge on any atom is -0.368 e. The number of hydrogen-bond donors (Lipinski definition) is 2. The van der Waals surface area contributed by atoms with Crippen molar-refractivity contribution in [3.63, 3.8) is 0 Å². The summed E-state index contributed by atoms with van der Waals surface area (Å²) < 4.78 is 0. The predicted octanol–water partition coefficient (Wildman–Crippen LogP) is 1.99. The zero-order valence-electron chi connectivity index (χ0n) is 14.8. The van der Waals surface area contributed by atoms with Gasteiger partial charge in [-0.05, 0) is 23.3 Å². The fourth-order valence-corrected chi connectivity index (χ4v) is 3.39. The van der Waals surface area contributed by atoms with Gasteiger partial charge in [0.25, 0.3) is 5.91 Å². The van der Waals surface area contributed by atoms with Gasteiger partial charge in [-0.15, -0.1) is 0 Å². The van der Waals surface area contributed by atoms with Crippen LogP contribution in [0.5, 0.6) is 0 Å². The normalized spacial score (nSPS) is 15.5. The fraction of sp³-hybridized carbons (Fsp3) is 0.300. The third-order valence-corrected chi connectivity index (χ3v) is 4.80. The molecule has 0 saturated carbocycles. The molecule has 6 heteroatoms. The molecule has 0 bridgehead atoms. The van der Waals surface area contributed by atoms with Crippen molar-refractivity contribution in [1.82, 2.24) is 10.4 Å². The van der Waals surface area contributed by atoms with Crippen molar-refractivity contribution in [2.75, 3.05) is 31.1 Å². The van der Waals surface area contributed by atoms with Gasteiger partial charge in [-0.3, -0.25) is 14.8 Å². The van der Waals surface area contributed by atoms with E-state index in [-0.39, 0.29) is 5.91 Å². The second-order valence-corrected chi connectivity index (χ2v) is 6.41. The second kappa shape index (κ2) is 8.01. The molecule has 2 aromatic carbocycles. The summed E-state index contributed by atoms with van der Waals surface area (Å²) in [5.41, 5.74) is 4.43. The highest BCUT2D eigenvalue weighted by Gasteiger charge is 2.24. The van der Waals surface area contributed by atoms with Gasteiger partial charge in [0.1, 0.15) is 0 Å². The molecule has 1 unspecified atom stereocenters. The monoisotopic (exact) mass is 353 g/mol. The Morgan fingerprint density at radius 3 is 2.23 bits per heavy atom. The van der Waals surface area contributed by atoms with Crippen molar-refractivity contribution in [3.8, 4) is 0 Å².